The van der Waals surface area contributed by atoms with Gasteiger partial charge in [-0.1, -0.05) is 6.07 Å². The summed E-state index contributed by atoms with van der Waals surface area (Å²) in [7, 11) is 0. The van der Waals surface area contributed by atoms with E-state index in [1.54, 1.807) is 0 Å². The maximum Gasteiger partial charge on any atom is 0.223 e. The van der Waals surface area contributed by atoms with Gasteiger partial charge in [-0.15, -0.1) is 0 Å². The lowest BCUT2D eigenvalue weighted by Crippen LogP contribution is -2.24. The second kappa shape index (κ2) is 6.28. The molecule has 2 rings (SSSR count). The van der Waals surface area contributed by atoms with Crippen LogP contribution in [0.1, 0.15) is 25.3 Å². The summed E-state index contributed by atoms with van der Waals surface area (Å²) in [6.45, 7) is 4.04. The highest BCUT2D eigenvalue weighted by Gasteiger charge is 2.13. The van der Waals surface area contributed by atoms with E-state index in [2.05, 4.69) is 16.7 Å². The second-order valence-corrected chi connectivity index (χ2v) is 4.36. The summed E-state index contributed by atoms with van der Waals surface area (Å²) in [5.74, 6) is 0.949. The summed E-state index contributed by atoms with van der Waals surface area (Å²) in [6, 6.07) is 6.04. The van der Waals surface area contributed by atoms with Crippen LogP contribution < -0.4 is 15.4 Å². The lowest BCUT2D eigenvalue weighted by atomic mass is 10.0. The summed E-state index contributed by atoms with van der Waals surface area (Å²) in [5.41, 5.74) is 2.40. The maximum atomic E-state index is 11.3. The first kappa shape index (κ1) is 12.7. The summed E-state index contributed by atoms with van der Waals surface area (Å²) in [4.78, 5) is 11.3. The van der Waals surface area contributed by atoms with Crippen LogP contribution in [-0.2, 0) is 11.2 Å². The molecule has 1 heterocycles. The lowest BCUT2D eigenvalue weighted by molar-refractivity contribution is -0.121. The van der Waals surface area contributed by atoms with Crippen molar-refractivity contribution in [2.75, 3.05) is 25.0 Å². The van der Waals surface area contributed by atoms with Gasteiger partial charge in [-0.2, -0.15) is 0 Å². The molecule has 0 radical (unpaired) electrons. The lowest BCUT2D eigenvalue weighted by Gasteiger charge is -2.20. The molecule has 2 N–H and O–H groups in total. The van der Waals surface area contributed by atoms with Gasteiger partial charge >= 0.3 is 0 Å². The fourth-order valence-corrected chi connectivity index (χ4v) is 2.15. The molecule has 0 spiro atoms. The largest absolute Gasteiger partial charge is 0.493 e. The fraction of sp³-hybridized carbons (Fsp3) is 0.500. The number of rotatable bonds is 5. The van der Waals surface area contributed by atoms with Gasteiger partial charge in [0.25, 0.3) is 0 Å². The van der Waals surface area contributed by atoms with Gasteiger partial charge in [-0.3, -0.25) is 4.79 Å². The zero-order valence-electron chi connectivity index (χ0n) is 10.8. The van der Waals surface area contributed by atoms with E-state index in [-0.39, 0.29) is 5.91 Å². The molecule has 0 aromatic heterocycles. The van der Waals surface area contributed by atoms with Gasteiger partial charge in [0, 0.05) is 24.3 Å². The molecule has 98 valence electrons. The highest BCUT2D eigenvalue weighted by molar-refractivity contribution is 5.75. The van der Waals surface area contributed by atoms with Gasteiger partial charge in [0.2, 0.25) is 5.91 Å². The number of benzene rings is 1. The Morgan fingerprint density at radius 1 is 1.50 bits per heavy atom. The molecule has 1 aromatic carbocycles. The normalized spacial score (nSPS) is 13.4. The fourth-order valence-electron chi connectivity index (χ4n) is 2.15. The Morgan fingerprint density at radius 3 is 3.22 bits per heavy atom. The van der Waals surface area contributed by atoms with Crippen LogP contribution in [0.4, 0.5) is 5.69 Å². The van der Waals surface area contributed by atoms with Crippen LogP contribution in [0.2, 0.25) is 0 Å². The Labute approximate surface area is 108 Å². The standard InChI is InChI=1S/C14H20N2O2/c1-2-15-14(17)8-10-18-13-7-3-6-12-11(13)5-4-9-16-12/h3,6-7,16H,2,4-5,8-10H2,1H3,(H,15,17). The highest BCUT2D eigenvalue weighted by Crippen LogP contribution is 2.30. The molecule has 1 aliphatic rings. The maximum absolute atomic E-state index is 11.3. The molecule has 4 nitrogen and oxygen atoms in total. The van der Waals surface area contributed by atoms with Gasteiger partial charge in [-0.25, -0.2) is 0 Å². The van der Waals surface area contributed by atoms with Crippen LogP contribution in [0.25, 0.3) is 0 Å². The third kappa shape index (κ3) is 3.15. The Bertz CT molecular complexity index is 418. The van der Waals surface area contributed by atoms with Crippen molar-refractivity contribution >= 4 is 11.6 Å². The van der Waals surface area contributed by atoms with Crippen LogP contribution in [0.3, 0.4) is 0 Å². The van der Waals surface area contributed by atoms with Crippen molar-refractivity contribution < 1.29 is 9.53 Å². The van der Waals surface area contributed by atoms with E-state index in [4.69, 9.17) is 4.74 Å². The predicted molar refractivity (Wildman–Crippen MR) is 72.0 cm³/mol. The molecule has 0 aliphatic carbocycles. The number of carbonyl (C=O) groups is 1. The molecule has 0 fully saturated rings. The first-order chi connectivity index (χ1) is 8.81. The number of amides is 1. The van der Waals surface area contributed by atoms with Gasteiger partial charge in [0.15, 0.2) is 0 Å². The van der Waals surface area contributed by atoms with Gasteiger partial charge in [0.05, 0.1) is 13.0 Å². The summed E-state index contributed by atoms with van der Waals surface area (Å²) < 4.78 is 5.72. The van der Waals surface area contributed by atoms with E-state index < -0.39 is 0 Å². The molecule has 0 saturated heterocycles. The van der Waals surface area contributed by atoms with E-state index in [0.29, 0.717) is 19.6 Å². The Kier molecular flexibility index (Phi) is 4.45. The van der Waals surface area contributed by atoms with E-state index in [1.165, 1.54) is 5.56 Å². The van der Waals surface area contributed by atoms with Crippen LogP contribution in [0.5, 0.6) is 5.75 Å². The Balaban J connectivity index is 1.91. The second-order valence-electron chi connectivity index (χ2n) is 4.36. The number of carbonyl (C=O) groups excluding carboxylic acids is 1. The third-order valence-corrected chi connectivity index (χ3v) is 3.01. The molecule has 18 heavy (non-hydrogen) atoms. The topological polar surface area (TPSA) is 50.4 Å². The smallest absolute Gasteiger partial charge is 0.223 e. The minimum atomic E-state index is 0.0421. The van der Waals surface area contributed by atoms with Crippen molar-refractivity contribution in [2.45, 2.75) is 26.2 Å². The minimum Gasteiger partial charge on any atom is -0.493 e. The molecule has 1 aromatic rings. The molecule has 1 amide bonds. The molecule has 0 saturated carbocycles. The number of hydrogen-bond donors (Lipinski definition) is 2. The summed E-state index contributed by atoms with van der Waals surface area (Å²) in [6.07, 6.45) is 2.58. The third-order valence-electron chi connectivity index (χ3n) is 3.01. The molecule has 4 heteroatoms. The van der Waals surface area contributed by atoms with Crippen LogP contribution >= 0.6 is 0 Å². The predicted octanol–water partition coefficient (Wildman–Crippen LogP) is 1.95. The van der Waals surface area contributed by atoms with E-state index >= 15 is 0 Å². The number of ether oxygens (including phenoxy) is 1. The van der Waals surface area contributed by atoms with Crippen molar-refractivity contribution in [3.8, 4) is 5.75 Å². The number of hydrogen-bond acceptors (Lipinski definition) is 3. The number of fused-ring (bicyclic) bond motifs is 1. The van der Waals surface area contributed by atoms with E-state index in [0.717, 1.165) is 30.8 Å². The molecule has 0 unspecified atom stereocenters. The van der Waals surface area contributed by atoms with Crippen LogP contribution in [0.15, 0.2) is 18.2 Å². The van der Waals surface area contributed by atoms with Crippen LogP contribution in [-0.4, -0.2) is 25.6 Å². The van der Waals surface area contributed by atoms with Gasteiger partial charge < -0.3 is 15.4 Å². The molecule has 0 atom stereocenters. The van der Waals surface area contributed by atoms with Crippen molar-refractivity contribution in [1.82, 2.24) is 5.32 Å². The molecule has 0 bridgehead atoms. The average molecular weight is 248 g/mol. The molecular weight excluding hydrogens is 228 g/mol. The monoisotopic (exact) mass is 248 g/mol. The van der Waals surface area contributed by atoms with Crippen molar-refractivity contribution in [1.29, 1.82) is 0 Å². The van der Waals surface area contributed by atoms with E-state index in [1.807, 2.05) is 19.1 Å². The zero-order chi connectivity index (χ0) is 12.8. The summed E-state index contributed by atoms with van der Waals surface area (Å²) in [5, 5.41) is 6.13. The van der Waals surface area contributed by atoms with Crippen molar-refractivity contribution in [3.05, 3.63) is 23.8 Å². The average Bonchev–Trinajstić information content (AvgIpc) is 2.39. The number of anilines is 1. The zero-order valence-corrected chi connectivity index (χ0v) is 10.8. The van der Waals surface area contributed by atoms with Crippen molar-refractivity contribution in [3.63, 3.8) is 0 Å². The number of nitrogens with one attached hydrogen (secondary N) is 2. The van der Waals surface area contributed by atoms with E-state index in [9.17, 15) is 4.79 Å². The van der Waals surface area contributed by atoms with Gasteiger partial charge in [0.1, 0.15) is 5.75 Å². The van der Waals surface area contributed by atoms with Crippen molar-refractivity contribution in [2.24, 2.45) is 0 Å². The summed E-state index contributed by atoms with van der Waals surface area (Å²) >= 11 is 0. The Hall–Kier alpha value is -1.71. The molecule has 1 aliphatic heterocycles. The van der Waals surface area contributed by atoms with Gasteiger partial charge in [-0.05, 0) is 31.9 Å². The quantitative estimate of drug-likeness (QED) is 0.837. The molecular formula is C14H20N2O2. The Morgan fingerprint density at radius 2 is 2.39 bits per heavy atom. The first-order valence-corrected chi connectivity index (χ1v) is 6.56. The minimum absolute atomic E-state index is 0.0421. The first-order valence-electron chi connectivity index (χ1n) is 6.56. The van der Waals surface area contributed by atoms with Crippen LogP contribution in [0, 0.1) is 0 Å². The SMILES string of the molecule is CCNC(=O)CCOc1cccc2c1CCCN2. The highest BCUT2D eigenvalue weighted by atomic mass is 16.5.